The van der Waals surface area contributed by atoms with Crippen LogP contribution in [0.2, 0.25) is 0 Å². The zero-order chi connectivity index (χ0) is 8.55. The lowest BCUT2D eigenvalue weighted by atomic mass is 10.0. The predicted octanol–water partition coefficient (Wildman–Crippen LogP) is 2.82. The standard InChI is InChI=1S/C11H12O/c1-8(9-6-7-9)10-4-2-3-5-11(10)12/h2-5,9,12H,1,6-7H2. The summed E-state index contributed by atoms with van der Waals surface area (Å²) < 4.78 is 0. The largest absolute Gasteiger partial charge is 0.507 e. The van der Waals surface area contributed by atoms with Crippen molar-refractivity contribution in [2.24, 2.45) is 5.92 Å². The lowest BCUT2D eigenvalue weighted by Crippen LogP contribution is -1.84. The van der Waals surface area contributed by atoms with Gasteiger partial charge in [0.1, 0.15) is 5.75 Å². The van der Waals surface area contributed by atoms with Gasteiger partial charge < -0.3 is 5.11 Å². The zero-order valence-electron chi connectivity index (χ0n) is 6.96. The third-order valence-electron chi connectivity index (χ3n) is 2.32. The second-order valence-electron chi connectivity index (χ2n) is 3.32. The average molecular weight is 160 g/mol. The molecule has 1 N–H and O–H groups in total. The monoisotopic (exact) mass is 160 g/mol. The van der Waals surface area contributed by atoms with E-state index in [1.807, 2.05) is 18.2 Å². The van der Waals surface area contributed by atoms with E-state index in [9.17, 15) is 5.11 Å². The highest BCUT2D eigenvalue weighted by Gasteiger charge is 2.26. The molecule has 12 heavy (non-hydrogen) atoms. The summed E-state index contributed by atoms with van der Waals surface area (Å²) in [7, 11) is 0. The van der Waals surface area contributed by atoms with E-state index in [4.69, 9.17) is 0 Å². The van der Waals surface area contributed by atoms with E-state index in [1.54, 1.807) is 6.07 Å². The van der Waals surface area contributed by atoms with Crippen LogP contribution in [-0.2, 0) is 0 Å². The maximum Gasteiger partial charge on any atom is 0.123 e. The molecule has 0 spiro atoms. The van der Waals surface area contributed by atoms with Crippen LogP contribution >= 0.6 is 0 Å². The van der Waals surface area contributed by atoms with Crippen molar-refractivity contribution < 1.29 is 5.11 Å². The van der Waals surface area contributed by atoms with Gasteiger partial charge in [0, 0.05) is 5.56 Å². The van der Waals surface area contributed by atoms with Gasteiger partial charge in [-0.25, -0.2) is 0 Å². The quantitative estimate of drug-likeness (QED) is 0.705. The zero-order valence-corrected chi connectivity index (χ0v) is 6.96. The van der Waals surface area contributed by atoms with Crippen LogP contribution in [0, 0.1) is 5.92 Å². The van der Waals surface area contributed by atoms with Crippen LogP contribution in [0.4, 0.5) is 0 Å². The molecule has 1 fully saturated rings. The van der Waals surface area contributed by atoms with Crippen molar-refractivity contribution in [3.05, 3.63) is 36.4 Å². The van der Waals surface area contributed by atoms with Gasteiger partial charge in [-0.2, -0.15) is 0 Å². The molecule has 1 nitrogen and oxygen atoms in total. The summed E-state index contributed by atoms with van der Waals surface area (Å²) in [6, 6.07) is 7.40. The van der Waals surface area contributed by atoms with Gasteiger partial charge in [-0.3, -0.25) is 0 Å². The normalized spacial score (nSPS) is 16.0. The number of hydrogen-bond acceptors (Lipinski definition) is 1. The molecule has 0 aromatic heterocycles. The summed E-state index contributed by atoms with van der Waals surface area (Å²) in [6.07, 6.45) is 2.46. The summed E-state index contributed by atoms with van der Waals surface area (Å²) in [6.45, 7) is 3.99. The number of phenols is 1. The Labute approximate surface area is 72.4 Å². The highest BCUT2D eigenvalue weighted by molar-refractivity contribution is 5.71. The fourth-order valence-electron chi connectivity index (χ4n) is 1.40. The summed E-state index contributed by atoms with van der Waals surface area (Å²) in [5, 5.41) is 9.50. The molecule has 1 saturated carbocycles. The number of rotatable bonds is 2. The SMILES string of the molecule is C=C(c1ccccc1O)C1CC1. The Morgan fingerprint density at radius 2 is 2.00 bits per heavy atom. The molecule has 0 amide bonds. The van der Waals surface area contributed by atoms with Crippen molar-refractivity contribution in [1.82, 2.24) is 0 Å². The third kappa shape index (κ3) is 1.22. The second-order valence-corrected chi connectivity index (χ2v) is 3.32. The number of phenolic OH excluding ortho intramolecular Hbond substituents is 1. The smallest absolute Gasteiger partial charge is 0.123 e. The Bertz CT molecular complexity index is 311. The molecule has 1 heteroatoms. The topological polar surface area (TPSA) is 20.2 Å². The fourth-order valence-corrected chi connectivity index (χ4v) is 1.40. The van der Waals surface area contributed by atoms with E-state index in [0.29, 0.717) is 11.7 Å². The molecular formula is C11H12O. The van der Waals surface area contributed by atoms with Gasteiger partial charge in [-0.15, -0.1) is 0 Å². The molecule has 1 aliphatic rings. The molecule has 0 unspecified atom stereocenters. The van der Waals surface area contributed by atoms with Crippen molar-refractivity contribution in [1.29, 1.82) is 0 Å². The fraction of sp³-hybridized carbons (Fsp3) is 0.273. The predicted molar refractivity (Wildman–Crippen MR) is 49.9 cm³/mol. The minimum Gasteiger partial charge on any atom is -0.507 e. The molecule has 62 valence electrons. The number of hydrogen-bond donors (Lipinski definition) is 1. The van der Waals surface area contributed by atoms with Crippen LogP contribution in [0.1, 0.15) is 18.4 Å². The van der Waals surface area contributed by atoms with Crippen LogP contribution in [0.5, 0.6) is 5.75 Å². The Morgan fingerprint density at radius 3 is 2.58 bits per heavy atom. The first-order valence-corrected chi connectivity index (χ1v) is 4.26. The minimum absolute atomic E-state index is 0.356. The molecule has 0 saturated heterocycles. The highest BCUT2D eigenvalue weighted by Crippen LogP contribution is 2.42. The van der Waals surface area contributed by atoms with Gasteiger partial charge in [0.2, 0.25) is 0 Å². The van der Waals surface area contributed by atoms with Crippen molar-refractivity contribution in [2.45, 2.75) is 12.8 Å². The summed E-state index contributed by atoms with van der Waals surface area (Å²) in [4.78, 5) is 0. The van der Waals surface area contributed by atoms with E-state index >= 15 is 0 Å². The molecule has 0 aliphatic heterocycles. The lowest BCUT2D eigenvalue weighted by molar-refractivity contribution is 0.473. The molecule has 1 aliphatic carbocycles. The van der Waals surface area contributed by atoms with Gasteiger partial charge >= 0.3 is 0 Å². The molecule has 1 aromatic rings. The van der Waals surface area contributed by atoms with Gasteiger partial charge in [0.15, 0.2) is 0 Å². The summed E-state index contributed by atoms with van der Waals surface area (Å²) >= 11 is 0. The number of allylic oxidation sites excluding steroid dienone is 1. The van der Waals surface area contributed by atoms with Crippen LogP contribution < -0.4 is 0 Å². The Hall–Kier alpha value is -1.24. The number of para-hydroxylation sites is 1. The van der Waals surface area contributed by atoms with E-state index < -0.39 is 0 Å². The first-order valence-electron chi connectivity index (χ1n) is 4.26. The van der Waals surface area contributed by atoms with Crippen LogP contribution in [-0.4, -0.2) is 5.11 Å². The molecule has 1 aromatic carbocycles. The molecule has 2 rings (SSSR count). The first-order chi connectivity index (χ1) is 5.79. The second kappa shape index (κ2) is 2.67. The van der Waals surface area contributed by atoms with Gasteiger partial charge in [0.05, 0.1) is 0 Å². The number of benzene rings is 1. The van der Waals surface area contributed by atoms with Crippen LogP contribution in [0.3, 0.4) is 0 Å². The minimum atomic E-state index is 0.356. The molecule has 0 bridgehead atoms. The van der Waals surface area contributed by atoms with E-state index in [2.05, 4.69) is 6.58 Å². The van der Waals surface area contributed by atoms with Gasteiger partial charge in [-0.05, 0) is 30.4 Å². The van der Waals surface area contributed by atoms with Crippen LogP contribution in [0.15, 0.2) is 30.8 Å². The maximum atomic E-state index is 9.50. The number of aromatic hydroxyl groups is 1. The average Bonchev–Trinajstić information content (AvgIpc) is 2.86. The van der Waals surface area contributed by atoms with Crippen molar-refractivity contribution >= 4 is 5.57 Å². The highest BCUT2D eigenvalue weighted by atomic mass is 16.3. The first kappa shape index (κ1) is 7.41. The summed E-state index contributed by atoms with van der Waals surface area (Å²) in [5.74, 6) is 0.979. The van der Waals surface area contributed by atoms with Crippen LogP contribution in [0.25, 0.3) is 5.57 Å². The Kier molecular flexibility index (Phi) is 1.65. The van der Waals surface area contributed by atoms with Crippen molar-refractivity contribution in [3.8, 4) is 5.75 Å². The van der Waals surface area contributed by atoms with Crippen molar-refractivity contribution in [2.75, 3.05) is 0 Å². The third-order valence-corrected chi connectivity index (χ3v) is 2.32. The maximum absolute atomic E-state index is 9.50. The van der Waals surface area contributed by atoms with Gasteiger partial charge in [-0.1, -0.05) is 24.8 Å². The molecular weight excluding hydrogens is 148 g/mol. The Morgan fingerprint density at radius 1 is 1.33 bits per heavy atom. The van der Waals surface area contributed by atoms with E-state index in [1.165, 1.54) is 12.8 Å². The molecule has 0 atom stereocenters. The lowest BCUT2D eigenvalue weighted by Gasteiger charge is -2.05. The molecule has 0 heterocycles. The van der Waals surface area contributed by atoms with Gasteiger partial charge in [0.25, 0.3) is 0 Å². The summed E-state index contributed by atoms with van der Waals surface area (Å²) in [5.41, 5.74) is 2.01. The van der Waals surface area contributed by atoms with E-state index in [0.717, 1.165) is 11.1 Å². The van der Waals surface area contributed by atoms with Crippen molar-refractivity contribution in [3.63, 3.8) is 0 Å². The van der Waals surface area contributed by atoms with E-state index in [-0.39, 0.29) is 0 Å². The molecule has 0 radical (unpaired) electrons. The Balaban J connectivity index is 2.32.